The monoisotopic (exact) mass is 257 g/mol. The Morgan fingerprint density at radius 2 is 1.72 bits per heavy atom. The lowest BCUT2D eigenvalue weighted by Gasteiger charge is -2.08. The number of fused-ring (bicyclic) bond motifs is 1. The molecule has 2 N–H and O–H groups in total. The van der Waals surface area contributed by atoms with Crippen molar-refractivity contribution >= 4 is 22.6 Å². The van der Waals surface area contributed by atoms with E-state index in [1.54, 1.807) is 0 Å². The van der Waals surface area contributed by atoms with Crippen LogP contribution in [0.15, 0.2) is 59.0 Å². The second-order valence-electron chi connectivity index (χ2n) is 4.22. The third kappa shape index (κ3) is 2.01. The van der Waals surface area contributed by atoms with Crippen molar-refractivity contribution in [2.75, 3.05) is 0 Å². The molecule has 0 aliphatic rings. The fourth-order valence-electron chi connectivity index (χ4n) is 1.99. The van der Waals surface area contributed by atoms with E-state index in [2.05, 4.69) is 0 Å². The molecule has 2 aromatic carbocycles. The third-order valence-electron chi connectivity index (χ3n) is 2.98. The van der Waals surface area contributed by atoms with Crippen LogP contribution in [0.5, 0.6) is 0 Å². The van der Waals surface area contributed by atoms with E-state index in [-0.39, 0.29) is 6.04 Å². The summed E-state index contributed by atoms with van der Waals surface area (Å²) in [7, 11) is 0. The Morgan fingerprint density at radius 1 is 1.00 bits per heavy atom. The number of nitrogens with two attached hydrogens (primary N) is 1. The van der Waals surface area contributed by atoms with Crippen LogP contribution in [-0.2, 0) is 0 Å². The zero-order valence-electron chi connectivity index (χ0n) is 9.64. The molecule has 1 aromatic heterocycles. The summed E-state index contributed by atoms with van der Waals surface area (Å²) in [5, 5.41) is 1.77. The summed E-state index contributed by atoms with van der Waals surface area (Å²) in [6, 6.07) is 17.1. The first-order valence-electron chi connectivity index (χ1n) is 5.73. The SMILES string of the molecule is N[C@H](c1ccc(Cl)cc1)c1cc2ccccc2o1. The number of hydrogen-bond donors (Lipinski definition) is 1. The van der Waals surface area contributed by atoms with Gasteiger partial charge in [-0.05, 0) is 29.8 Å². The van der Waals surface area contributed by atoms with Crippen molar-refractivity contribution < 1.29 is 4.42 Å². The van der Waals surface area contributed by atoms with Gasteiger partial charge in [0.05, 0.1) is 6.04 Å². The lowest BCUT2D eigenvalue weighted by atomic mass is 10.1. The molecule has 0 spiro atoms. The van der Waals surface area contributed by atoms with Gasteiger partial charge < -0.3 is 10.2 Å². The summed E-state index contributed by atoms with van der Waals surface area (Å²) >= 11 is 5.86. The van der Waals surface area contributed by atoms with Crippen LogP contribution in [0.1, 0.15) is 17.4 Å². The summed E-state index contributed by atoms with van der Waals surface area (Å²) in [6.07, 6.45) is 0. The largest absolute Gasteiger partial charge is 0.459 e. The number of para-hydroxylation sites is 1. The van der Waals surface area contributed by atoms with E-state index in [0.29, 0.717) is 5.02 Å². The Kier molecular flexibility index (Phi) is 2.82. The predicted molar refractivity (Wildman–Crippen MR) is 73.7 cm³/mol. The summed E-state index contributed by atoms with van der Waals surface area (Å²) in [5.41, 5.74) is 8.04. The minimum atomic E-state index is -0.269. The highest BCUT2D eigenvalue weighted by Gasteiger charge is 2.13. The molecule has 0 unspecified atom stereocenters. The van der Waals surface area contributed by atoms with Gasteiger partial charge in [0.25, 0.3) is 0 Å². The van der Waals surface area contributed by atoms with Crippen LogP contribution in [0.4, 0.5) is 0 Å². The maximum Gasteiger partial charge on any atom is 0.134 e. The van der Waals surface area contributed by atoms with Gasteiger partial charge in [-0.3, -0.25) is 0 Å². The molecule has 3 heteroatoms. The van der Waals surface area contributed by atoms with Gasteiger partial charge in [-0.15, -0.1) is 0 Å². The molecule has 0 aliphatic carbocycles. The Bertz CT molecular complexity index is 639. The molecular weight excluding hydrogens is 246 g/mol. The molecule has 0 amide bonds. The van der Waals surface area contributed by atoms with Gasteiger partial charge >= 0.3 is 0 Å². The topological polar surface area (TPSA) is 39.2 Å². The van der Waals surface area contributed by atoms with Crippen molar-refractivity contribution in [3.63, 3.8) is 0 Å². The van der Waals surface area contributed by atoms with E-state index in [0.717, 1.165) is 22.3 Å². The summed E-state index contributed by atoms with van der Waals surface area (Å²) < 4.78 is 5.76. The molecule has 0 bridgehead atoms. The van der Waals surface area contributed by atoms with Gasteiger partial charge in [-0.2, -0.15) is 0 Å². The smallest absolute Gasteiger partial charge is 0.134 e. The van der Waals surface area contributed by atoms with Crippen molar-refractivity contribution in [3.8, 4) is 0 Å². The molecule has 0 radical (unpaired) electrons. The molecule has 0 saturated heterocycles. The zero-order chi connectivity index (χ0) is 12.5. The highest BCUT2D eigenvalue weighted by molar-refractivity contribution is 6.30. The first kappa shape index (κ1) is 11.3. The number of benzene rings is 2. The van der Waals surface area contributed by atoms with Gasteiger partial charge in [-0.25, -0.2) is 0 Å². The van der Waals surface area contributed by atoms with Crippen LogP contribution in [-0.4, -0.2) is 0 Å². The molecular formula is C15H12ClNO. The molecule has 2 nitrogen and oxygen atoms in total. The van der Waals surface area contributed by atoms with Crippen molar-refractivity contribution in [1.82, 2.24) is 0 Å². The standard InChI is InChI=1S/C15H12ClNO/c16-12-7-5-10(6-8-12)15(17)14-9-11-3-1-2-4-13(11)18-14/h1-9,15H,17H2/t15-/m1/s1. The van der Waals surface area contributed by atoms with Gasteiger partial charge in [0, 0.05) is 10.4 Å². The first-order chi connectivity index (χ1) is 8.74. The van der Waals surface area contributed by atoms with Gasteiger partial charge in [0.1, 0.15) is 11.3 Å². The van der Waals surface area contributed by atoms with E-state index in [9.17, 15) is 0 Å². The van der Waals surface area contributed by atoms with Gasteiger partial charge in [-0.1, -0.05) is 41.9 Å². The number of halogens is 1. The van der Waals surface area contributed by atoms with Crippen molar-refractivity contribution in [3.05, 3.63) is 70.9 Å². The molecule has 3 rings (SSSR count). The summed E-state index contributed by atoms with van der Waals surface area (Å²) in [4.78, 5) is 0. The minimum Gasteiger partial charge on any atom is -0.459 e. The second kappa shape index (κ2) is 4.48. The van der Waals surface area contributed by atoms with Gasteiger partial charge in [0.2, 0.25) is 0 Å². The van der Waals surface area contributed by atoms with Crippen molar-refractivity contribution in [2.24, 2.45) is 5.73 Å². The van der Waals surface area contributed by atoms with Crippen molar-refractivity contribution in [1.29, 1.82) is 0 Å². The van der Waals surface area contributed by atoms with Crippen LogP contribution in [0.3, 0.4) is 0 Å². The molecule has 1 atom stereocenters. The average Bonchev–Trinajstić information content (AvgIpc) is 2.82. The Labute approximate surface area is 110 Å². The van der Waals surface area contributed by atoms with E-state index in [1.165, 1.54) is 0 Å². The molecule has 18 heavy (non-hydrogen) atoms. The van der Waals surface area contributed by atoms with E-state index in [4.69, 9.17) is 21.8 Å². The predicted octanol–water partition coefficient (Wildman–Crippen LogP) is 4.13. The summed E-state index contributed by atoms with van der Waals surface area (Å²) in [6.45, 7) is 0. The molecule has 0 aliphatic heterocycles. The summed E-state index contributed by atoms with van der Waals surface area (Å²) in [5.74, 6) is 0.763. The highest BCUT2D eigenvalue weighted by Crippen LogP contribution is 2.27. The van der Waals surface area contributed by atoms with Crippen LogP contribution in [0.2, 0.25) is 5.02 Å². The fourth-order valence-corrected chi connectivity index (χ4v) is 2.12. The number of furan rings is 1. The number of rotatable bonds is 2. The van der Waals surface area contributed by atoms with E-state index < -0.39 is 0 Å². The number of hydrogen-bond acceptors (Lipinski definition) is 2. The normalized spacial score (nSPS) is 12.8. The average molecular weight is 258 g/mol. The van der Waals surface area contributed by atoms with Crippen LogP contribution < -0.4 is 5.73 Å². The second-order valence-corrected chi connectivity index (χ2v) is 4.65. The Balaban J connectivity index is 2.00. The lowest BCUT2D eigenvalue weighted by Crippen LogP contribution is -2.10. The molecule has 0 fully saturated rings. The fraction of sp³-hybridized carbons (Fsp3) is 0.0667. The first-order valence-corrected chi connectivity index (χ1v) is 6.11. The minimum absolute atomic E-state index is 0.269. The van der Waals surface area contributed by atoms with Crippen LogP contribution >= 0.6 is 11.6 Å². The Hall–Kier alpha value is -1.77. The maximum absolute atomic E-state index is 6.19. The molecule has 90 valence electrons. The maximum atomic E-state index is 6.19. The van der Waals surface area contributed by atoms with Gasteiger partial charge in [0.15, 0.2) is 0 Å². The molecule has 0 saturated carbocycles. The Morgan fingerprint density at radius 3 is 2.44 bits per heavy atom. The molecule has 3 aromatic rings. The lowest BCUT2D eigenvalue weighted by molar-refractivity contribution is 0.525. The van der Waals surface area contributed by atoms with Crippen molar-refractivity contribution in [2.45, 2.75) is 6.04 Å². The quantitative estimate of drug-likeness (QED) is 0.750. The zero-order valence-corrected chi connectivity index (χ0v) is 10.4. The van der Waals surface area contributed by atoms with E-state index >= 15 is 0 Å². The van der Waals surface area contributed by atoms with Crippen LogP contribution in [0, 0.1) is 0 Å². The third-order valence-corrected chi connectivity index (χ3v) is 3.23. The molecule has 1 heterocycles. The highest BCUT2D eigenvalue weighted by atomic mass is 35.5. The van der Waals surface area contributed by atoms with Crippen LogP contribution in [0.25, 0.3) is 11.0 Å². The van der Waals surface area contributed by atoms with E-state index in [1.807, 2.05) is 54.6 Å².